The molecule has 0 unspecified atom stereocenters. The maximum atomic E-state index is 12.8. The highest BCUT2D eigenvalue weighted by molar-refractivity contribution is 9.10. The minimum atomic E-state index is -0.997. The van der Waals surface area contributed by atoms with E-state index in [9.17, 15) is 14.4 Å². The lowest BCUT2D eigenvalue weighted by molar-refractivity contribution is -0.117. The quantitative estimate of drug-likeness (QED) is 0.356. The minimum absolute atomic E-state index is 0.00926. The smallest absolute Gasteiger partial charge is 0.335 e. The van der Waals surface area contributed by atoms with E-state index in [4.69, 9.17) is 14.6 Å². The Bertz CT molecular complexity index is 1290. The standard InChI is InChI=1S/C25H19BrN2O6/c1-33-21-13-16(11-19-23(29)27-28(24(19)30)18-5-3-2-4-6-18)12-20(26)22(21)34-14-15-7-9-17(10-8-15)25(31)32/h2-13H,14H2,1H3,(H,27,29)(H,31,32)/b19-11-. The second-order valence-electron chi connectivity index (χ2n) is 7.30. The van der Waals surface area contributed by atoms with Gasteiger partial charge in [-0.2, -0.15) is 0 Å². The van der Waals surface area contributed by atoms with Gasteiger partial charge in [-0.1, -0.05) is 30.3 Å². The van der Waals surface area contributed by atoms with Gasteiger partial charge in [0.2, 0.25) is 0 Å². The lowest BCUT2D eigenvalue weighted by Crippen LogP contribution is -2.35. The van der Waals surface area contributed by atoms with Gasteiger partial charge in [0.1, 0.15) is 12.2 Å². The van der Waals surface area contributed by atoms with Crippen molar-refractivity contribution in [1.29, 1.82) is 0 Å². The second kappa shape index (κ2) is 9.80. The van der Waals surface area contributed by atoms with Crippen LogP contribution >= 0.6 is 15.9 Å². The van der Waals surface area contributed by atoms with Crippen LogP contribution in [-0.2, 0) is 16.2 Å². The summed E-state index contributed by atoms with van der Waals surface area (Å²) in [4.78, 5) is 36.3. The molecule has 8 nitrogen and oxygen atoms in total. The van der Waals surface area contributed by atoms with E-state index in [2.05, 4.69) is 21.4 Å². The molecule has 2 N–H and O–H groups in total. The molecule has 172 valence electrons. The summed E-state index contributed by atoms with van der Waals surface area (Å²) in [6.45, 7) is 0.183. The number of benzene rings is 3. The summed E-state index contributed by atoms with van der Waals surface area (Å²) in [5.74, 6) is -1.14. The summed E-state index contributed by atoms with van der Waals surface area (Å²) < 4.78 is 11.9. The molecule has 4 rings (SSSR count). The van der Waals surface area contributed by atoms with Crippen LogP contribution in [0.1, 0.15) is 21.5 Å². The zero-order chi connectivity index (χ0) is 24.2. The number of amides is 2. The van der Waals surface area contributed by atoms with Gasteiger partial charge < -0.3 is 14.6 Å². The highest BCUT2D eigenvalue weighted by Gasteiger charge is 2.34. The Labute approximate surface area is 203 Å². The van der Waals surface area contributed by atoms with Crippen LogP contribution in [0.5, 0.6) is 11.5 Å². The highest BCUT2D eigenvalue weighted by atomic mass is 79.9. The predicted octanol–water partition coefficient (Wildman–Crippen LogP) is 4.20. The van der Waals surface area contributed by atoms with Gasteiger partial charge in [-0.05, 0) is 69.5 Å². The first-order valence-electron chi connectivity index (χ1n) is 10.1. The van der Waals surface area contributed by atoms with Gasteiger partial charge >= 0.3 is 5.97 Å². The number of para-hydroxylation sites is 1. The van der Waals surface area contributed by atoms with Gasteiger partial charge in [0.25, 0.3) is 11.8 Å². The molecule has 2 amide bonds. The zero-order valence-corrected chi connectivity index (χ0v) is 19.5. The molecular formula is C25H19BrN2O6. The van der Waals surface area contributed by atoms with E-state index < -0.39 is 17.8 Å². The number of rotatable bonds is 7. The van der Waals surface area contributed by atoms with Gasteiger partial charge in [0, 0.05) is 0 Å². The fourth-order valence-corrected chi connectivity index (χ4v) is 3.92. The Kier molecular flexibility index (Phi) is 6.65. The van der Waals surface area contributed by atoms with Crippen LogP contribution in [0.3, 0.4) is 0 Å². The monoisotopic (exact) mass is 522 g/mol. The number of nitrogens with one attached hydrogen (secondary N) is 1. The first-order valence-corrected chi connectivity index (χ1v) is 10.9. The van der Waals surface area contributed by atoms with E-state index in [0.29, 0.717) is 27.2 Å². The summed E-state index contributed by atoms with van der Waals surface area (Å²) >= 11 is 3.46. The largest absolute Gasteiger partial charge is 0.493 e. The van der Waals surface area contributed by atoms with Gasteiger partial charge in [0.15, 0.2) is 11.5 Å². The van der Waals surface area contributed by atoms with Crippen LogP contribution in [-0.4, -0.2) is 30.0 Å². The lowest BCUT2D eigenvalue weighted by atomic mass is 10.1. The first kappa shape index (κ1) is 23.1. The van der Waals surface area contributed by atoms with E-state index in [0.717, 1.165) is 5.56 Å². The molecular weight excluding hydrogens is 504 g/mol. The topological polar surface area (TPSA) is 105 Å². The molecule has 1 aliphatic heterocycles. The van der Waals surface area contributed by atoms with E-state index in [1.165, 1.54) is 30.3 Å². The molecule has 1 aliphatic rings. The maximum absolute atomic E-state index is 12.8. The zero-order valence-electron chi connectivity index (χ0n) is 17.9. The van der Waals surface area contributed by atoms with Gasteiger partial charge in [-0.15, -0.1) is 0 Å². The molecule has 0 radical (unpaired) electrons. The fraction of sp³-hybridized carbons (Fsp3) is 0.0800. The van der Waals surface area contributed by atoms with Crippen LogP contribution < -0.4 is 19.9 Å². The van der Waals surface area contributed by atoms with Crippen molar-refractivity contribution in [2.45, 2.75) is 6.61 Å². The molecule has 1 heterocycles. The summed E-state index contributed by atoms with van der Waals surface area (Å²) in [7, 11) is 1.48. The Morgan fingerprint density at radius 1 is 1.09 bits per heavy atom. The van der Waals surface area contributed by atoms with Crippen molar-refractivity contribution in [3.05, 3.63) is 93.5 Å². The van der Waals surface area contributed by atoms with E-state index in [-0.39, 0.29) is 17.7 Å². The van der Waals surface area contributed by atoms with Gasteiger partial charge in [0.05, 0.1) is 22.8 Å². The summed E-state index contributed by atoms with van der Waals surface area (Å²) in [6, 6.07) is 18.5. The van der Waals surface area contributed by atoms with E-state index >= 15 is 0 Å². The summed E-state index contributed by atoms with van der Waals surface area (Å²) in [5.41, 5.74) is 4.65. The molecule has 0 bridgehead atoms. The highest BCUT2D eigenvalue weighted by Crippen LogP contribution is 2.38. The molecule has 3 aromatic carbocycles. The van der Waals surface area contributed by atoms with Crippen molar-refractivity contribution in [2.24, 2.45) is 0 Å². The van der Waals surface area contributed by atoms with Crippen LogP contribution in [0.4, 0.5) is 5.69 Å². The Balaban J connectivity index is 1.55. The number of carboxylic acids is 1. The number of methoxy groups -OCH3 is 1. The summed E-state index contributed by atoms with van der Waals surface area (Å²) in [6.07, 6.45) is 1.49. The number of hydrogen-bond acceptors (Lipinski definition) is 5. The Morgan fingerprint density at radius 3 is 2.44 bits per heavy atom. The average Bonchev–Trinajstić information content (AvgIpc) is 3.12. The second-order valence-corrected chi connectivity index (χ2v) is 8.15. The maximum Gasteiger partial charge on any atom is 0.335 e. The van der Waals surface area contributed by atoms with E-state index in [1.807, 2.05) is 6.07 Å². The molecule has 1 fully saturated rings. The minimum Gasteiger partial charge on any atom is -0.493 e. The van der Waals surface area contributed by atoms with Crippen molar-refractivity contribution in [3.63, 3.8) is 0 Å². The van der Waals surface area contributed by atoms with Crippen molar-refractivity contribution < 1.29 is 29.0 Å². The Morgan fingerprint density at radius 2 is 1.79 bits per heavy atom. The number of aromatic carboxylic acids is 1. The number of carbonyl (C=O) groups is 3. The van der Waals surface area contributed by atoms with Crippen molar-refractivity contribution >= 4 is 45.5 Å². The number of hydrazine groups is 1. The number of halogens is 1. The third-order valence-corrected chi connectivity index (χ3v) is 5.64. The third-order valence-electron chi connectivity index (χ3n) is 5.05. The molecule has 0 spiro atoms. The predicted molar refractivity (Wildman–Crippen MR) is 128 cm³/mol. The lowest BCUT2D eigenvalue weighted by Gasteiger charge is -2.14. The van der Waals surface area contributed by atoms with Crippen molar-refractivity contribution in [2.75, 3.05) is 12.1 Å². The van der Waals surface area contributed by atoms with Crippen LogP contribution in [0.2, 0.25) is 0 Å². The molecule has 0 aromatic heterocycles. The van der Waals surface area contributed by atoms with Crippen LogP contribution in [0.25, 0.3) is 6.08 Å². The number of nitrogens with zero attached hydrogens (tertiary/aromatic N) is 1. The molecule has 0 saturated carbocycles. The molecule has 34 heavy (non-hydrogen) atoms. The van der Waals surface area contributed by atoms with Crippen LogP contribution in [0.15, 0.2) is 76.8 Å². The third kappa shape index (κ3) is 4.79. The number of anilines is 1. The fourth-order valence-electron chi connectivity index (χ4n) is 3.35. The molecule has 3 aromatic rings. The average molecular weight is 523 g/mol. The van der Waals surface area contributed by atoms with Crippen molar-refractivity contribution in [1.82, 2.24) is 5.43 Å². The summed E-state index contributed by atoms with van der Waals surface area (Å²) in [5, 5.41) is 10.2. The molecule has 0 atom stereocenters. The van der Waals surface area contributed by atoms with Crippen molar-refractivity contribution in [3.8, 4) is 11.5 Å². The molecule has 9 heteroatoms. The van der Waals surface area contributed by atoms with Gasteiger partial charge in [-0.3, -0.25) is 15.0 Å². The normalized spacial score (nSPS) is 14.3. The van der Waals surface area contributed by atoms with Gasteiger partial charge in [-0.25, -0.2) is 9.80 Å². The Hall–Kier alpha value is -4.11. The first-order chi connectivity index (χ1) is 16.4. The number of carbonyl (C=O) groups excluding carboxylic acids is 2. The molecule has 0 aliphatic carbocycles. The number of carboxylic acid groups (broad SMARTS) is 1. The number of hydrogen-bond donors (Lipinski definition) is 2. The van der Waals surface area contributed by atoms with E-state index in [1.54, 1.807) is 48.5 Å². The number of ether oxygens (including phenoxy) is 2. The SMILES string of the molecule is COc1cc(/C=C2/C(=O)NN(c3ccccc3)C2=O)cc(Br)c1OCc1ccc(C(=O)O)cc1. The van der Waals surface area contributed by atoms with Crippen LogP contribution in [0, 0.1) is 0 Å². The molecule has 1 saturated heterocycles.